The largest absolute Gasteiger partial charge is 0.461 e. The highest BCUT2D eigenvalue weighted by Crippen LogP contribution is 2.50. The molecule has 3 rings (SSSR count). The first kappa shape index (κ1) is 15.5. The summed E-state index contributed by atoms with van der Waals surface area (Å²) in [5.41, 5.74) is 1.45. The molecule has 0 bridgehead atoms. The van der Waals surface area contributed by atoms with Gasteiger partial charge < -0.3 is 9.84 Å². The van der Waals surface area contributed by atoms with Crippen molar-refractivity contribution in [2.24, 2.45) is 5.41 Å². The van der Waals surface area contributed by atoms with Crippen molar-refractivity contribution >= 4 is 5.78 Å². The number of aryl methyl sites for hydroxylation is 1. The Labute approximate surface area is 136 Å². The molecule has 1 N–H and O–H groups in total. The predicted octanol–water partition coefficient (Wildman–Crippen LogP) is 3.75. The molecule has 0 fully saturated rings. The Kier molecular flexibility index (Phi) is 3.82. The van der Waals surface area contributed by atoms with Crippen LogP contribution in [-0.4, -0.2) is 10.9 Å². The van der Waals surface area contributed by atoms with E-state index in [1.165, 1.54) is 6.92 Å². The van der Waals surface area contributed by atoms with Crippen LogP contribution in [0.4, 0.5) is 0 Å². The van der Waals surface area contributed by atoms with Crippen LogP contribution in [0.25, 0.3) is 0 Å². The van der Waals surface area contributed by atoms with Gasteiger partial charge in [0.2, 0.25) is 0 Å². The summed E-state index contributed by atoms with van der Waals surface area (Å²) < 4.78 is 5.83. The van der Waals surface area contributed by atoms with E-state index in [1.54, 1.807) is 0 Å². The molecular formula is C20H20O3. The van der Waals surface area contributed by atoms with Crippen LogP contribution >= 0.6 is 0 Å². The maximum absolute atomic E-state index is 12.5. The van der Waals surface area contributed by atoms with E-state index < -0.39 is 11.5 Å². The average molecular weight is 308 g/mol. The Morgan fingerprint density at radius 3 is 2.61 bits per heavy atom. The van der Waals surface area contributed by atoms with Gasteiger partial charge in [-0.1, -0.05) is 48.5 Å². The van der Waals surface area contributed by atoms with Crippen LogP contribution in [0.5, 0.6) is 5.75 Å². The Morgan fingerprint density at radius 1 is 1.26 bits per heavy atom. The van der Waals surface area contributed by atoms with Gasteiger partial charge in [0, 0.05) is 5.56 Å². The summed E-state index contributed by atoms with van der Waals surface area (Å²) in [7, 11) is 0. The molecule has 2 aromatic rings. The summed E-state index contributed by atoms with van der Waals surface area (Å²) in [4.78, 5) is 12.5. The molecule has 1 aliphatic heterocycles. The fraction of sp³-hybridized carbons (Fsp3) is 0.250. The number of ether oxygens (including phenoxy) is 1. The van der Waals surface area contributed by atoms with Gasteiger partial charge in [0.05, 0.1) is 0 Å². The lowest BCUT2D eigenvalue weighted by atomic mass is 9.68. The zero-order valence-electron chi connectivity index (χ0n) is 13.4. The van der Waals surface area contributed by atoms with Gasteiger partial charge in [0.15, 0.2) is 0 Å². The molecule has 0 spiro atoms. The standard InChI is InChI=1S/C20H20O3/c1-13-9-10-18-17(11-13)19(22)20(14(2)21,15(3)23-18)12-16-7-5-4-6-8-16/h4-11,19,22H,3,12H2,1-2H3. The Balaban J connectivity index is 2.12. The molecule has 0 aliphatic carbocycles. The molecule has 0 radical (unpaired) electrons. The van der Waals surface area contributed by atoms with Crippen LogP contribution < -0.4 is 4.74 Å². The summed E-state index contributed by atoms with van der Waals surface area (Å²) in [6, 6.07) is 15.2. The Morgan fingerprint density at radius 2 is 1.96 bits per heavy atom. The number of aliphatic hydroxyl groups is 1. The molecule has 0 saturated carbocycles. The monoisotopic (exact) mass is 308 g/mol. The number of hydrogen-bond donors (Lipinski definition) is 1. The number of rotatable bonds is 3. The third-order valence-corrected chi connectivity index (χ3v) is 4.61. The van der Waals surface area contributed by atoms with Crippen molar-refractivity contribution in [1.82, 2.24) is 0 Å². The van der Waals surface area contributed by atoms with Crippen LogP contribution in [0.15, 0.2) is 60.9 Å². The minimum Gasteiger partial charge on any atom is -0.461 e. The third-order valence-electron chi connectivity index (χ3n) is 4.61. The van der Waals surface area contributed by atoms with Gasteiger partial charge in [-0.3, -0.25) is 4.79 Å². The fourth-order valence-electron chi connectivity index (χ4n) is 3.24. The van der Waals surface area contributed by atoms with E-state index in [-0.39, 0.29) is 5.78 Å². The topological polar surface area (TPSA) is 46.5 Å². The van der Waals surface area contributed by atoms with Crippen LogP contribution in [0.2, 0.25) is 0 Å². The van der Waals surface area contributed by atoms with Gasteiger partial charge in [-0.05, 0) is 38.0 Å². The molecule has 3 heteroatoms. The molecule has 0 amide bonds. The summed E-state index contributed by atoms with van der Waals surface area (Å²) >= 11 is 0. The first-order valence-electron chi connectivity index (χ1n) is 7.66. The van der Waals surface area contributed by atoms with E-state index in [4.69, 9.17) is 4.74 Å². The van der Waals surface area contributed by atoms with Crippen molar-refractivity contribution in [1.29, 1.82) is 0 Å². The van der Waals surface area contributed by atoms with Crippen LogP contribution in [-0.2, 0) is 11.2 Å². The number of carbonyl (C=O) groups is 1. The SMILES string of the molecule is C=C1Oc2ccc(C)cc2C(O)C1(Cc1ccccc1)C(C)=O. The number of ketones is 1. The molecule has 2 atom stereocenters. The smallest absolute Gasteiger partial charge is 0.146 e. The highest BCUT2D eigenvalue weighted by Gasteiger charge is 2.51. The van der Waals surface area contributed by atoms with Gasteiger partial charge in [-0.25, -0.2) is 0 Å². The second-order valence-corrected chi connectivity index (χ2v) is 6.16. The molecule has 1 aliphatic rings. The number of benzene rings is 2. The first-order chi connectivity index (χ1) is 10.9. The van der Waals surface area contributed by atoms with Crippen molar-refractivity contribution in [3.63, 3.8) is 0 Å². The summed E-state index contributed by atoms with van der Waals surface area (Å²) in [5, 5.41) is 11.0. The lowest BCUT2D eigenvalue weighted by molar-refractivity contribution is -0.133. The second kappa shape index (κ2) is 5.67. The zero-order valence-corrected chi connectivity index (χ0v) is 13.4. The van der Waals surface area contributed by atoms with Crippen molar-refractivity contribution in [3.8, 4) is 5.75 Å². The van der Waals surface area contributed by atoms with Crippen molar-refractivity contribution in [2.45, 2.75) is 26.4 Å². The summed E-state index contributed by atoms with van der Waals surface area (Å²) in [5.74, 6) is 0.724. The van der Waals surface area contributed by atoms with Gasteiger partial charge in [0.1, 0.15) is 28.8 Å². The maximum Gasteiger partial charge on any atom is 0.146 e. The normalized spacial score (nSPS) is 23.1. The van der Waals surface area contributed by atoms with Crippen molar-refractivity contribution in [3.05, 3.63) is 77.6 Å². The van der Waals surface area contributed by atoms with Crippen LogP contribution in [0.3, 0.4) is 0 Å². The number of hydrogen-bond acceptors (Lipinski definition) is 3. The van der Waals surface area contributed by atoms with Crippen LogP contribution in [0, 0.1) is 12.3 Å². The molecule has 2 aromatic carbocycles. The average Bonchev–Trinajstić information content (AvgIpc) is 2.53. The molecule has 23 heavy (non-hydrogen) atoms. The molecule has 118 valence electrons. The van der Waals surface area contributed by atoms with Gasteiger partial charge >= 0.3 is 0 Å². The Hall–Kier alpha value is -2.39. The quantitative estimate of drug-likeness (QED) is 0.939. The molecule has 2 unspecified atom stereocenters. The van der Waals surface area contributed by atoms with E-state index in [0.29, 0.717) is 23.5 Å². The number of aliphatic hydroxyl groups excluding tert-OH is 1. The van der Waals surface area contributed by atoms with E-state index in [2.05, 4.69) is 6.58 Å². The molecule has 0 aromatic heterocycles. The summed E-state index contributed by atoms with van der Waals surface area (Å²) in [6.07, 6.45) is -0.618. The van der Waals surface area contributed by atoms with Gasteiger partial charge in [0.25, 0.3) is 0 Å². The van der Waals surface area contributed by atoms with Gasteiger partial charge in [-0.2, -0.15) is 0 Å². The van der Waals surface area contributed by atoms with E-state index >= 15 is 0 Å². The minimum atomic E-state index is -1.16. The highest BCUT2D eigenvalue weighted by atomic mass is 16.5. The second-order valence-electron chi connectivity index (χ2n) is 6.16. The van der Waals surface area contributed by atoms with Gasteiger partial charge in [-0.15, -0.1) is 0 Å². The molecule has 0 saturated heterocycles. The van der Waals surface area contributed by atoms with E-state index in [9.17, 15) is 9.90 Å². The van der Waals surface area contributed by atoms with Crippen molar-refractivity contribution < 1.29 is 14.6 Å². The fourth-order valence-corrected chi connectivity index (χ4v) is 3.24. The lowest BCUT2D eigenvalue weighted by Gasteiger charge is -2.41. The van der Waals surface area contributed by atoms with E-state index in [1.807, 2.05) is 55.5 Å². The summed E-state index contributed by atoms with van der Waals surface area (Å²) in [6.45, 7) is 7.39. The maximum atomic E-state index is 12.5. The lowest BCUT2D eigenvalue weighted by Crippen LogP contribution is -2.44. The van der Waals surface area contributed by atoms with Crippen molar-refractivity contribution in [2.75, 3.05) is 0 Å². The zero-order chi connectivity index (χ0) is 16.6. The molecule has 1 heterocycles. The predicted molar refractivity (Wildman–Crippen MR) is 89.2 cm³/mol. The molecular weight excluding hydrogens is 288 g/mol. The van der Waals surface area contributed by atoms with Crippen LogP contribution in [0.1, 0.15) is 29.7 Å². The number of carbonyl (C=O) groups excluding carboxylic acids is 1. The highest BCUT2D eigenvalue weighted by molar-refractivity contribution is 5.87. The van der Waals surface area contributed by atoms with E-state index in [0.717, 1.165) is 11.1 Å². The Bertz CT molecular complexity index is 764. The number of Topliss-reactive ketones (excluding diaryl/α,β-unsaturated/α-hetero) is 1. The number of fused-ring (bicyclic) bond motifs is 1. The minimum absolute atomic E-state index is 0.147. The third kappa shape index (κ3) is 2.47. The first-order valence-corrected chi connectivity index (χ1v) is 7.66. The molecule has 3 nitrogen and oxygen atoms in total.